The summed E-state index contributed by atoms with van der Waals surface area (Å²) < 4.78 is 11.5. The molecule has 2 aliphatic heterocycles. The molecule has 3 heterocycles. The van der Waals surface area contributed by atoms with Gasteiger partial charge in [0.05, 0.1) is 11.8 Å². The van der Waals surface area contributed by atoms with Gasteiger partial charge in [0.1, 0.15) is 12.4 Å². The Kier molecular flexibility index (Phi) is 5.02. The van der Waals surface area contributed by atoms with E-state index in [4.69, 9.17) is 9.47 Å². The third-order valence-corrected chi connectivity index (χ3v) is 4.85. The van der Waals surface area contributed by atoms with Gasteiger partial charge in [-0.2, -0.15) is 0 Å². The normalized spacial score (nSPS) is 19.8. The van der Waals surface area contributed by atoms with Gasteiger partial charge in [0.2, 0.25) is 0 Å². The van der Waals surface area contributed by atoms with Crippen molar-refractivity contribution in [2.75, 3.05) is 31.6 Å². The molecule has 1 aromatic heterocycles. The Hall–Kier alpha value is -2.60. The van der Waals surface area contributed by atoms with Crippen LogP contribution >= 0.6 is 0 Å². The number of carbonyl (C=O) groups is 1. The molecule has 6 nitrogen and oxygen atoms in total. The molecule has 0 bridgehead atoms. The maximum absolute atomic E-state index is 12.5. The van der Waals surface area contributed by atoms with Crippen LogP contribution in [0.4, 0.5) is 10.5 Å². The zero-order valence-corrected chi connectivity index (χ0v) is 14.6. The lowest BCUT2D eigenvalue weighted by Gasteiger charge is -2.38. The molecule has 1 atom stereocenters. The smallest absolute Gasteiger partial charge is 0.321 e. The Balaban J connectivity index is 1.32. The third kappa shape index (κ3) is 3.80. The molecule has 0 aliphatic carbocycles. The van der Waals surface area contributed by atoms with Crippen LogP contribution in [-0.2, 0) is 4.74 Å². The van der Waals surface area contributed by atoms with Crippen LogP contribution in [0.15, 0.2) is 48.7 Å². The van der Waals surface area contributed by atoms with Crippen molar-refractivity contribution in [3.8, 4) is 5.75 Å². The summed E-state index contributed by atoms with van der Waals surface area (Å²) in [7, 11) is 0. The summed E-state index contributed by atoms with van der Waals surface area (Å²) in [6, 6.07) is 13.3. The lowest BCUT2D eigenvalue weighted by Crippen LogP contribution is -2.50. The molecule has 26 heavy (non-hydrogen) atoms. The minimum absolute atomic E-state index is 0.106. The quantitative estimate of drug-likeness (QED) is 0.896. The van der Waals surface area contributed by atoms with E-state index >= 15 is 0 Å². The van der Waals surface area contributed by atoms with E-state index in [1.54, 1.807) is 11.1 Å². The molecule has 0 spiro atoms. The van der Waals surface area contributed by atoms with E-state index in [1.165, 1.54) is 0 Å². The number of anilines is 1. The molecule has 2 saturated heterocycles. The lowest BCUT2D eigenvalue weighted by atomic mass is 9.96. The van der Waals surface area contributed by atoms with Gasteiger partial charge in [-0.15, -0.1) is 0 Å². The molecule has 6 heteroatoms. The number of amides is 2. The number of carbonyl (C=O) groups excluding carboxylic acids is 1. The first kappa shape index (κ1) is 16.8. The molecule has 2 amide bonds. The fraction of sp³-hybridized carbons (Fsp3) is 0.400. The minimum atomic E-state index is -0.106. The van der Waals surface area contributed by atoms with Gasteiger partial charge in [0.15, 0.2) is 0 Å². The first-order valence-corrected chi connectivity index (χ1v) is 9.10. The molecular weight excluding hydrogens is 330 g/mol. The topological polar surface area (TPSA) is 63.7 Å². The number of nitrogens with zero attached hydrogens (tertiary/aromatic N) is 2. The van der Waals surface area contributed by atoms with E-state index in [-0.39, 0.29) is 12.1 Å². The van der Waals surface area contributed by atoms with Crippen LogP contribution < -0.4 is 10.1 Å². The van der Waals surface area contributed by atoms with Crippen molar-refractivity contribution in [3.05, 3.63) is 54.4 Å². The van der Waals surface area contributed by atoms with Crippen molar-refractivity contribution in [2.24, 2.45) is 0 Å². The van der Waals surface area contributed by atoms with Crippen molar-refractivity contribution in [1.82, 2.24) is 9.88 Å². The highest BCUT2D eigenvalue weighted by molar-refractivity contribution is 5.91. The van der Waals surface area contributed by atoms with Gasteiger partial charge in [-0.1, -0.05) is 18.2 Å². The number of pyridine rings is 1. The number of likely N-dealkylation sites (tertiary alicyclic amines) is 1. The Morgan fingerprint density at radius 1 is 1.23 bits per heavy atom. The molecule has 2 fully saturated rings. The number of ether oxygens (including phenoxy) is 2. The highest BCUT2D eigenvalue weighted by Gasteiger charge is 2.32. The van der Waals surface area contributed by atoms with Crippen LogP contribution in [0, 0.1) is 0 Å². The maximum atomic E-state index is 12.5. The van der Waals surface area contributed by atoms with Gasteiger partial charge in [-0.05, 0) is 37.1 Å². The zero-order valence-electron chi connectivity index (χ0n) is 14.6. The van der Waals surface area contributed by atoms with Crippen molar-refractivity contribution in [3.63, 3.8) is 0 Å². The highest BCUT2D eigenvalue weighted by atomic mass is 16.5. The van der Waals surface area contributed by atoms with Crippen molar-refractivity contribution >= 4 is 11.7 Å². The first-order chi connectivity index (χ1) is 12.8. The Morgan fingerprint density at radius 3 is 2.85 bits per heavy atom. The summed E-state index contributed by atoms with van der Waals surface area (Å²) >= 11 is 0. The van der Waals surface area contributed by atoms with E-state index in [1.807, 2.05) is 42.5 Å². The van der Waals surface area contributed by atoms with Crippen LogP contribution in [0.25, 0.3) is 0 Å². The summed E-state index contributed by atoms with van der Waals surface area (Å²) in [5.74, 6) is 0.992. The van der Waals surface area contributed by atoms with E-state index < -0.39 is 0 Å². The molecule has 0 unspecified atom stereocenters. The van der Waals surface area contributed by atoms with Gasteiger partial charge in [0, 0.05) is 37.5 Å². The maximum Gasteiger partial charge on any atom is 0.321 e. The van der Waals surface area contributed by atoms with E-state index in [9.17, 15) is 4.79 Å². The molecule has 1 N–H and O–H groups in total. The fourth-order valence-corrected chi connectivity index (χ4v) is 3.30. The van der Waals surface area contributed by atoms with Gasteiger partial charge in [0.25, 0.3) is 0 Å². The molecule has 0 saturated carbocycles. The number of hydrogen-bond donors (Lipinski definition) is 1. The number of benzene rings is 1. The number of para-hydroxylation sites is 2. The largest absolute Gasteiger partial charge is 0.489 e. The van der Waals surface area contributed by atoms with Gasteiger partial charge < -0.3 is 19.7 Å². The zero-order chi connectivity index (χ0) is 17.8. The first-order valence-electron chi connectivity index (χ1n) is 9.10. The number of aromatic nitrogens is 1. The Bertz CT molecular complexity index is 741. The van der Waals surface area contributed by atoms with Gasteiger partial charge >= 0.3 is 6.03 Å². The SMILES string of the molecule is O=C(Nc1ccccc1OC[C@H]1CCCO1)N1CC(c2ccccn2)C1. The standard InChI is InChI=1S/C20H23N3O3/c24-20(23-12-15(13-23)17-7-3-4-10-21-17)22-18-8-1-2-9-19(18)26-14-16-6-5-11-25-16/h1-4,7-10,15-16H,5-6,11-14H2,(H,22,24)/t16-/m1/s1. The van der Waals surface area contributed by atoms with E-state index in [0.29, 0.717) is 37.1 Å². The predicted molar refractivity (Wildman–Crippen MR) is 98.5 cm³/mol. The number of hydrogen-bond acceptors (Lipinski definition) is 4. The second-order valence-corrected chi connectivity index (χ2v) is 6.73. The van der Waals surface area contributed by atoms with Gasteiger partial charge in [-0.3, -0.25) is 4.98 Å². The van der Waals surface area contributed by atoms with E-state index in [0.717, 1.165) is 25.1 Å². The van der Waals surface area contributed by atoms with Crippen molar-refractivity contribution < 1.29 is 14.3 Å². The molecule has 0 radical (unpaired) electrons. The second-order valence-electron chi connectivity index (χ2n) is 6.73. The average Bonchev–Trinajstić information content (AvgIpc) is 3.14. The number of rotatable bonds is 5. The van der Waals surface area contributed by atoms with Crippen LogP contribution in [0.2, 0.25) is 0 Å². The Morgan fingerprint density at radius 2 is 2.08 bits per heavy atom. The van der Waals surface area contributed by atoms with Crippen LogP contribution in [0.1, 0.15) is 24.5 Å². The molecule has 1 aromatic carbocycles. The minimum Gasteiger partial charge on any atom is -0.489 e. The average molecular weight is 353 g/mol. The molecular formula is C20H23N3O3. The van der Waals surface area contributed by atoms with E-state index in [2.05, 4.69) is 10.3 Å². The molecule has 4 rings (SSSR count). The monoisotopic (exact) mass is 353 g/mol. The summed E-state index contributed by atoms with van der Waals surface area (Å²) in [6.45, 7) is 2.68. The van der Waals surface area contributed by atoms with Crippen LogP contribution in [0.3, 0.4) is 0 Å². The number of urea groups is 1. The third-order valence-electron chi connectivity index (χ3n) is 4.85. The highest BCUT2D eigenvalue weighted by Crippen LogP contribution is 2.29. The lowest BCUT2D eigenvalue weighted by molar-refractivity contribution is 0.0682. The summed E-state index contributed by atoms with van der Waals surface area (Å²) in [5, 5.41) is 2.96. The molecule has 2 aromatic rings. The second kappa shape index (κ2) is 7.74. The molecule has 2 aliphatic rings. The van der Waals surface area contributed by atoms with Crippen molar-refractivity contribution in [2.45, 2.75) is 24.9 Å². The summed E-state index contributed by atoms with van der Waals surface area (Å²) in [6.07, 6.45) is 4.05. The summed E-state index contributed by atoms with van der Waals surface area (Å²) in [4.78, 5) is 18.7. The van der Waals surface area contributed by atoms with Gasteiger partial charge in [-0.25, -0.2) is 4.79 Å². The predicted octanol–water partition coefficient (Wildman–Crippen LogP) is 3.27. The summed E-state index contributed by atoms with van der Waals surface area (Å²) in [5.41, 5.74) is 1.73. The molecule has 136 valence electrons. The van der Waals surface area contributed by atoms with Crippen molar-refractivity contribution in [1.29, 1.82) is 0 Å². The van der Waals surface area contributed by atoms with Crippen LogP contribution in [-0.4, -0.2) is 48.3 Å². The number of nitrogens with one attached hydrogen (secondary N) is 1. The Labute approximate surface area is 153 Å². The van der Waals surface area contributed by atoms with Crippen LogP contribution in [0.5, 0.6) is 5.75 Å². The fourth-order valence-electron chi connectivity index (χ4n) is 3.30.